The molecule has 0 bridgehead atoms. The van der Waals surface area contributed by atoms with Gasteiger partial charge < -0.3 is 9.47 Å². The van der Waals surface area contributed by atoms with Crippen LogP contribution in [-0.2, 0) is 24.3 Å². The SMILES string of the molecule is COC(=O)CC1C/C(=N\NS(=O)(=O)c2ccc(C)cc2)CCO1. The molecule has 0 saturated carbocycles. The molecule has 2 rings (SSSR count). The van der Waals surface area contributed by atoms with Gasteiger partial charge in [0.15, 0.2) is 0 Å². The third-order valence-electron chi connectivity index (χ3n) is 3.48. The maximum atomic E-state index is 12.2. The van der Waals surface area contributed by atoms with Crippen LogP contribution in [0.4, 0.5) is 0 Å². The molecule has 1 aromatic rings. The molecule has 1 aliphatic rings. The Kier molecular flexibility index (Phi) is 5.73. The van der Waals surface area contributed by atoms with Gasteiger partial charge in [0.2, 0.25) is 0 Å². The number of esters is 1. The lowest BCUT2D eigenvalue weighted by Gasteiger charge is -2.23. The Bertz CT molecular complexity index is 682. The number of nitrogens with one attached hydrogen (secondary N) is 1. The van der Waals surface area contributed by atoms with E-state index in [-0.39, 0.29) is 23.4 Å². The lowest BCUT2D eigenvalue weighted by molar-refractivity contribution is -0.143. The molecule has 23 heavy (non-hydrogen) atoms. The van der Waals surface area contributed by atoms with Gasteiger partial charge in [0.25, 0.3) is 10.0 Å². The summed E-state index contributed by atoms with van der Waals surface area (Å²) in [7, 11) is -2.38. The Morgan fingerprint density at radius 1 is 1.39 bits per heavy atom. The van der Waals surface area contributed by atoms with Gasteiger partial charge in [-0.15, -0.1) is 0 Å². The van der Waals surface area contributed by atoms with Gasteiger partial charge in [-0.2, -0.15) is 13.5 Å². The Hall–Kier alpha value is -1.93. The van der Waals surface area contributed by atoms with Crippen LogP contribution in [0.15, 0.2) is 34.3 Å². The van der Waals surface area contributed by atoms with Crippen LogP contribution in [-0.4, -0.2) is 39.9 Å². The maximum absolute atomic E-state index is 12.2. The standard InChI is InChI=1S/C15H20N2O5S/c1-11-3-5-14(6-4-11)23(19,20)17-16-12-7-8-22-13(9-12)10-15(18)21-2/h3-6,13,17H,7-10H2,1-2H3/b16-12-. The van der Waals surface area contributed by atoms with E-state index in [0.717, 1.165) is 5.56 Å². The first kappa shape index (κ1) is 17.4. The highest BCUT2D eigenvalue weighted by molar-refractivity contribution is 7.89. The highest BCUT2D eigenvalue weighted by Gasteiger charge is 2.23. The van der Waals surface area contributed by atoms with Crippen LogP contribution in [0.2, 0.25) is 0 Å². The molecule has 0 aromatic heterocycles. The molecule has 1 aliphatic heterocycles. The lowest BCUT2D eigenvalue weighted by atomic mass is 10.0. The minimum Gasteiger partial charge on any atom is -0.469 e. The van der Waals surface area contributed by atoms with Crippen molar-refractivity contribution < 1.29 is 22.7 Å². The van der Waals surface area contributed by atoms with Crippen molar-refractivity contribution in [2.75, 3.05) is 13.7 Å². The molecular formula is C15H20N2O5S. The average Bonchev–Trinajstić information content (AvgIpc) is 2.54. The molecule has 1 unspecified atom stereocenters. The van der Waals surface area contributed by atoms with Crippen molar-refractivity contribution in [2.24, 2.45) is 5.10 Å². The number of carbonyl (C=O) groups excluding carboxylic acids is 1. The van der Waals surface area contributed by atoms with E-state index in [2.05, 4.69) is 14.7 Å². The van der Waals surface area contributed by atoms with Gasteiger partial charge in [0.05, 0.1) is 31.1 Å². The highest BCUT2D eigenvalue weighted by Crippen LogP contribution is 2.15. The van der Waals surface area contributed by atoms with E-state index in [1.165, 1.54) is 19.2 Å². The van der Waals surface area contributed by atoms with Crippen molar-refractivity contribution in [1.82, 2.24) is 4.83 Å². The number of methoxy groups -OCH3 is 1. The average molecular weight is 340 g/mol. The van der Waals surface area contributed by atoms with Gasteiger partial charge in [-0.1, -0.05) is 17.7 Å². The Labute approximate surface area is 135 Å². The van der Waals surface area contributed by atoms with Crippen LogP contribution < -0.4 is 4.83 Å². The highest BCUT2D eigenvalue weighted by atomic mass is 32.2. The zero-order chi connectivity index (χ0) is 16.9. The van der Waals surface area contributed by atoms with E-state index in [1.54, 1.807) is 12.1 Å². The summed E-state index contributed by atoms with van der Waals surface area (Å²) in [6.07, 6.45) is 0.707. The fourth-order valence-corrected chi connectivity index (χ4v) is 3.01. The monoisotopic (exact) mass is 340 g/mol. The summed E-state index contributed by atoms with van der Waals surface area (Å²) in [5.74, 6) is -0.364. The van der Waals surface area contributed by atoms with E-state index in [4.69, 9.17) is 4.74 Å². The van der Waals surface area contributed by atoms with Crippen molar-refractivity contribution >= 4 is 21.7 Å². The molecular weight excluding hydrogens is 320 g/mol. The summed E-state index contributed by atoms with van der Waals surface area (Å²) >= 11 is 0. The molecule has 126 valence electrons. The summed E-state index contributed by atoms with van der Waals surface area (Å²) in [5, 5.41) is 3.98. The zero-order valence-electron chi connectivity index (χ0n) is 13.1. The zero-order valence-corrected chi connectivity index (χ0v) is 13.9. The number of rotatable bonds is 5. The normalized spacial score (nSPS) is 20.3. The van der Waals surface area contributed by atoms with Crippen molar-refractivity contribution in [3.8, 4) is 0 Å². The third kappa shape index (κ3) is 5.04. The van der Waals surface area contributed by atoms with E-state index in [0.29, 0.717) is 25.2 Å². The molecule has 0 amide bonds. The predicted octanol–water partition coefficient (Wildman–Crippen LogP) is 1.37. The third-order valence-corrected chi connectivity index (χ3v) is 4.71. The summed E-state index contributed by atoms with van der Waals surface area (Å²) in [5.41, 5.74) is 1.63. The molecule has 1 atom stereocenters. The maximum Gasteiger partial charge on any atom is 0.308 e. The minimum absolute atomic E-state index is 0.125. The van der Waals surface area contributed by atoms with Gasteiger partial charge in [0.1, 0.15) is 0 Å². The molecule has 1 fully saturated rings. The first-order valence-corrected chi connectivity index (χ1v) is 8.71. The second-order valence-corrected chi connectivity index (χ2v) is 6.97. The van der Waals surface area contributed by atoms with Gasteiger partial charge in [-0.25, -0.2) is 4.83 Å². The molecule has 0 aliphatic carbocycles. The van der Waals surface area contributed by atoms with E-state index >= 15 is 0 Å². The van der Waals surface area contributed by atoms with Crippen molar-refractivity contribution in [1.29, 1.82) is 0 Å². The smallest absolute Gasteiger partial charge is 0.308 e. The summed E-state index contributed by atoms with van der Waals surface area (Å²) in [6.45, 7) is 2.28. The molecule has 1 saturated heterocycles. The number of ether oxygens (including phenoxy) is 2. The molecule has 0 radical (unpaired) electrons. The number of carbonyl (C=O) groups is 1. The van der Waals surface area contributed by atoms with E-state index < -0.39 is 10.0 Å². The number of sulfonamides is 1. The predicted molar refractivity (Wildman–Crippen MR) is 84.5 cm³/mol. The van der Waals surface area contributed by atoms with Crippen molar-refractivity contribution in [2.45, 2.75) is 37.2 Å². The molecule has 1 aromatic carbocycles. The number of benzene rings is 1. The summed E-state index contributed by atoms with van der Waals surface area (Å²) in [6, 6.07) is 6.51. The molecule has 0 spiro atoms. The fraction of sp³-hybridized carbons (Fsp3) is 0.467. The second kappa shape index (κ2) is 7.56. The van der Waals surface area contributed by atoms with Gasteiger partial charge in [-0.05, 0) is 19.1 Å². The van der Waals surface area contributed by atoms with Gasteiger partial charge in [0, 0.05) is 18.6 Å². The van der Waals surface area contributed by atoms with Crippen LogP contribution in [0.5, 0.6) is 0 Å². The lowest BCUT2D eigenvalue weighted by Crippen LogP contribution is -2.30. The number of hydrazone groups is 1. The topological polar surface area (TPSA) is 94.1 Å². The fourth-order valence-electron chi connectivity index (χ4n) is 2.16. The molecule has 1 heterocycles. The van der Waals surface area contributed by atoms with Gasteiger partial charge >= 0.3 is 5.97 Å². The largest absolute Gasteiger partial charge is 0.469 e. The van der Waals surface area contributed by atoms with E-state index in [1.807, 2.05) is 6.92 Å². The minimum atomic E-state index is -3.69. The Morgan fingerprint density at radius 3 is 2.74 bits per heavy atom. The number of aryl methyl sites for hydroxylation is 1. The Balaban J connectivity index is 2.01. The van der Waals surface area contributed by atoms with E-state index in [9.17, 15) is 13.2 Å². The van der Waals surface area contributed by atoms with Crippen LogP contribution in [0.25, 0.3) is 0 Å². The van der Waals surface area contributed by atoms with Crippen LogP contribution in [0.3, 0.4) is 0 Å². The molecule has 1 N–H and O–H groups in total. The van der Waals surface area contributed by atoms with Crippen LogP contribution >= 0.6 is 0 Å². The van der Waals surface area contributed by atoms with Crippen LogP contribution in [0.1, 0.15) is 24.8 Å². The summed E-state index contributed by atoms with van der Waals surface area (Å²) < 4.78 is 34.4. The van der Waals surface area contributed by atoms with Crippen molar-refractivity contribution in [3.63, 3.8) is 0 Å². The molecule has 7 nitrogen and oxygen atoms in total. The second-order valence-electron chi connectivity index (χ2n) is 5.31. The quantitative estimate of drug-likeness (QED) is 0.645. The van der Waals surface area contributed by atoms with Crippen molar-refractivity contribution in [3.05, 3.63) is 29.8 Å². The number of nitrogens with zero attached hydrogens (tertiary/aromatic N) is 1. The summed E-state index contributed by atoms with van der Waals surface area (Å²) in [4.78, 5) is 13.7. The number of hydrogen-bond donors (Lipinski definition) is 1. The number of hydrogen-bond acceptors (Lipinski definition) is 6. The van der Waals surface area contributed by atoms with Gasteiger partial charge in [-0.3, -0.25) is 4.79 Å². The first-order valence-electron chi connectivity index (χ1n) is 7.23. The molecule has 8 heteroatoms. The Morgan fingerprint density at radius 2 is 2.09 bits per heavy atom. The van der Waals surface area contributed by atoms with Crippen LogP contribution in [0, 0.1) is 6.92 Å². The first-order chi connectivity index (χ1) is 10.9.